The van der Waals surface area contributed by atoms with Crippen molar-refractivity contribution in [2.45, 2.75) is 32.5 Å². The van der Waals surface area contributed by atoms with Crippen LogP contribution in [0.4, 0.5) is 4.39 Å². The second kappa shape index (κ2) is 6.25. The summed E-state index contributed by atoms with van der Waals surface area (Å²) in [5, 5.41) is 7.40. The number of benzene rings is 1. The number of hydrogen-bond acceptors (Lipinski definition) is 3. The molecule has 2 aromatic rings. The van der Waals surface area contributed by atoms with Gasteiger partial charge in [0, 0.05) is 22.1 Å². The maximum Gasteiger partial charge on any atom is 0.137 e. The fraction of sp³-hybridized carbons (Fsp3) is 0.385. The van der Waals surface area contributed by atoms with Crippen LogP contribution in [0.1, 0.15) is 25.5 Å². The summed E-state index contributed by atoms with van der Waals surface area (Å²) in [7, 11) is 0. The first-order valence-electron chi connectivity index (χ1n) is 6.09. The molecule has 1 heterocycles. The summed E-state index contributed by atoms with van der Waals surface area (Å²) >= 11 is 3.26. The summed E-state index contributed by atoms with van der Waals surface area (Å²) in [6.07, 6.45) is 3.17. The standard InChI is InChI=1S/C13H16BrFN4/c1-9(6-19-8-16-7-17-19)18-10(2)12-4-3-11(14)5-13(12)15/h3-5,7-10,18H,6H2,1-2H3/t9-,10-/m0/s1. The van der Waals surface area contributed by atoms with E-state index in [2.05, 4.69) is 31.3 Å². The normalized spacial score (nSPS) is 14.3. The number of rotatable bonds is 5. The fourth-order valence-electron chi connectivity index (χ4n) is 2.03. The fourth-order valence-corrected chi connectivity index (χ4v) is 2.36. The van der Waals surface area contributed by atoms with Crippen molar-refractivity contribution in [1.29, 1.82) is 0 Å². The predicted octanol–water partition coefficient (Wildman–Crippen LogP) is 2.92. The lowest BCUT2D eigenvalue weighted by molar-refractivity contribution is 0.405. The molecular formula is C13H16BrFN4. The number of nitrogens with zero attached hydrogens (tertiary/aromatic N) is 3. The summed E-state index contributed by atoms with van der Waals surface area (Å²) in [6.45, 7) is 4.68. The second-order valence-corrected chi connectivity index (χ2v) is 5.49. The number of aromatic nitrogens is 3. The average Bonchev–Trinajstić information content (AvgIpc) is 2.81. The average molecular weight is 327 g/mol. The minimum absolute atomic E-state index is 0.0633. The first kappa shape index (κ1) is 14.1. The highest BCUT2D eigenvalue weighted by atomic mass is 79.9. The van der Waals surface area contributed by atoms with Gasteiger partial charge >= 0.3 is 0 Å². The van der Waals surface area contributed by atoms with Crippen molar-refractivity contribution in [3.8, 4) is 0 Å². The maximum absolute atomic E-state index is 13.8. The highest BCUT2D eigenvalue weighted by Crippen LogP contribution is 2.21. The molecule has 0 unspecified atom stereocenters. The molecule has 2 rings (SSSR count). The van der Waals surface area contributed by atoms with E-state index in [-0.39, 0.29) is 17.9 Å². The third-order valence-corrected chi connectivity index (χ3v) is 3.38. The molecule has 0 amide bonds. The smallest absolute Gasteiger partial charge is 0.137 e. The van der Waals surface area contributed by atoms with Crippen molar-refractivity contribution < 1.29 is 4.39 Å². The third-order valence-electron chi connectivity index (χ3n) is 2.89. The minimum atomic E-state index is -0.206. The van der Waals surface area contributed by atoms with Crippen molar-refractivity contribution in [1.82, 2.24) is 20.1 Å². The van der Waals surface area contributed by atoms with Crippen molar-refractivity contribution >= 4 is 15.9 Å². The van der Waals surface area contributed by atoms with E-state index in [0.717, 1.165) is 4.47 Å². The van der Waals surface area contributed by atoms with E-state index in [9.17, 15) is 4.39 Å². The van der Waals surface area contributed by atoms with Gasteiger partial charge in [0.1, 0.15) is 18.5 Å². The van der Waals surface area contributed by atoms with Crippen molar-refractivity contribution in [3.63, 3.8) is 0 Å². The van der Waals surface area contributed by atoms with Gasteiger partial charge in [-0.05, 0) is 26.0 Å². The Morgan fingerprint density at radius 1 is 1.42 bits per heavy atom. The Kier molecular flexibility index (Phi) is 4.66. The summed E-state index contributed by atoms with van der Waals surface area (Å²) in [6, 6.07) is 5.22. The Morgan fingerprint density at radius 3 is 2.84 bits per heavy atom. The van der Waals surface area contributed by atoms with Crippen LogP contribution in [-0.4, -0.2) is 20.8 Å². The van der Waals surface area contributed by atoms with Gasteiger partial charge in [-0.15, -0.1) is 0 Å². The van der Waals surface area contributed by atoms with E-state index in [0.29, 0.717) is 12.1 Å². The Labute approximate surface area is 120 Å². The molecule has 1 aromatic heterocycles. The van der Waals surface area contributed by atoms with Gasteiger partial charge in [-0.25, -0.2) is 9.37 Å². The summed E-state index contributed by atoms with van der Waals surface area (Å²) in [4.78, 5) is 3.90. The molecule has 4 nitrogen and oxygen atoms in total. The van der Waals surface area contributed by atoms with E-state index in [1.807, 2.05) is 19.9 Å². The van der Waals surface area contributed by atoms with Crippen LogP contribution in [0.25, 0.3) is 0 Å². The zero-order valence-corrected chi connectivity index (χ0v) is 12.4. The maximum atomic E-state index is 13.8. The lowest BCUT2D eigenvalue weighted by atomic mass is 10.1. The molecule has 2 atom stereocenters. The zero-order valence-electron chi connectivity index (χ0n) is 10.8. The van der Waals surface area contributed by atoms with E-state index in [1.165, 1.54) is 12.4 Å². The van der Waals surface area contributed by atoms with Crippen LogP contribution in [0.3, 0.4) is 0 Å². The van der Waals surface area contributed by atoms with Gasteiger partial charge in [-0.3, -0.25) is 4.68 Å². The summed E-state index contributed by atoms with van der Waals surface area (Å²) in [5.74, 6) is -0.206. The zero-order chi connectivity index (χ0) is 13.8. The predicted molar refractivity (Wildman–Crippen MR) is 75.1 cm³/mol. The van der Waals surface area contributed by atoms with E-state index in [4.69, 9.17) is 0 Å². The molecule has 0 spiro atoms. The van der Waals surface area contributed by atoms with Gasteiger partial charge in [0.15, 0.2) is 0 Å². The van der Waals surface area contributed by atoms with Gasteiger partial charge in [0.2, 0.25) is 0 Å². The van der Waals surface area contributed by atoms with Crippen molar-refractivity contribution in [3.05, 3.63) is 46.7 Å². The molecule has 1 aromatic carbocycles. The summed E-state index contributed by atoms with van der Waals surface area (Å²) < 4.78 is 16.3. The topological polar surface area (TPSA) is 42.7 Å². The van der Waals surface area contributed by atoms with E-state index in [1.54, 1.807) is 17.1 Å². The first-order chi connectivity index (χ1) is 9.06. The Morgan fingerprint density at radius 2 is 2.21 bits per heavy atom. The van der Waals surface area contributed by atoms with Gasteiger partial charge < -0.3 is 5.32 Å². The van der Waals surface area contributed by atoms with Crippen LogP contribution < -0.4 is 5.32 Å². The monoisotopic (exact) mass is 326 g/mol. The van der Waals surface area contributed by atoms with Gasteiger partial charge in [0.05, 0.1) is 6.54 Å². The molecule has 19 heavy (non-hydrogen) atoms. The van der Waals surface area contributed by atoms with E-state index >= 15 is 0 Å². The molecule has 102 valence electrons. The SMILES string of the molecule is C[C@H](N[C@@H](C)Cn1cncn1)c1ccc(Br)cc1F. The third kappa shape index (κ3) is 3.84. The molecule has 0 saturated heterocycles. The largest absolute Gasteiger partial charge is 0.306 e. The number of halogens is 2. The summed E-state index contributed by atoms with van der Waals surface area (Å²) in [5.41, 5.74) is 0.661. The van der Waals surface area contributed by atoms with Crippen LogP contribution in [0.5, 0.6) is 0 Å². The molecule has 0 aliphatic rings. The van der Waals surface area contributed by atoms with Crippen molar-refractivity contribution in [2.75, 3.05) is 0 Å². The van der Waals surface area contributed by atoms with Crippen molar-refractivity contribution in [2.24, 2.45) is 0 Å². The number of nitrogens with one attached hydrogen (secondary N) is 1. The Hall–Kier alpha value is -1.27. The highest BCUT2D eigenvalue weighted by molar-refractivity contribution is 9.10. The highest BCUT2D eigenvalue weighted by Gasteiger charge is 2.14. The Bertz CT molecular complexity index is 529. The van der Waals surface area contributed by atoms with Crippen LogP contribution in [0.15, 0.2) is 35.3 Å². The number of hydrogen-bond donors (Lipinski definition) is 1. The molecule has 6 heteroatoms. The van der Waals surface area contributed by atoms with Crippen LogP contribution in [0.2, 0.25) is 0 Å². The Balaban J connectivity index is 1.98. The molecule has 0 aliphatic carbocycles. The van der Waals surface area contributed by atoms with E-state index < -0.39 is 0 Å². The first-order valence-corrected chi connectivity index (χ1v) is 6.89. The molecule has 0 radical (unpaired) electrons. The molecule has 0 saturated carbocycles. The van der Waals surface area contributed by atoms with Crippen LogP contribution in [0, 0.1) is 5.82 Å². The lowest BCUT2D eigenvalue weighted by Gasteiger charge is -2.20. The molecule has 0 bridgehead atoms. The second-order valence-electron chi connectivity index (χ2n) is 4.57. The molecule has 0 fully saturated rings. The molecular weight excluding hydrogens is 311 g/mol. The van der Waals surface area contributed by atoms with Gasteiger partial charge in [0.25, 0.3) is 0 Å². The quantitative estimate of drug-likeness (QED) is 0.918. The van der Waals surface area contributed by atoms with Gasteiger partial charge in [-0.1, -0.05) is 22.0 Å². The van der Waals surface area contributed by atoms with Crippen LogP contribution >= 0.6 is 15.9 Å². The van der Waals surface area contributed by atoms with Gasteiger partial charge in [-0.2, -0.15) is 5.10 Å². The molecule has 0 aliphatic heterocycles. The lowest BCUT2D eigenvalue weighted by Crippen LogP contribution is -2.33. The molecule has 1 N–H and O–H groups in total. The minimum Gasteiger partial charge on any atom is -0.306 e. The van der Waals surface area contributed by atoms with Crippen LogP contribution in [-0.2, 0) is 6.54 Å².